The van der Waals surface area contributed by atoms with E-state index in [1.54, 1.807) is 13.2 Å². The summed E-state index contributed by atoms with van der Waals surface area (Å²) in [6.45, 7) is 1.93. The van der Waals surface area contributed by atoms with Gasteiger partial charge in [-0.1, -0.05) is 11.6 Å². The number of hydrogen-bond acceptors (Lipinski definition) is 2. The molecule has 1 heterocycles. The Hall–Kier alpha value is -1.68. The van der Waals surface area contributed by atoms with E-state index < -0.39 is 0 Å². The molecule has 16 heavy (non-hydrogen) atoms. The van der Waals surface area contributed by atoms with E-state index in [9.17, 15) is 4.79 Å². The first kappa shape index (κ1) is 10.8. The van der Waals surface area contributed by atoms with Crippen molar-refractivity contribution in [1.82, 2.24) is 10.2 Å². The maximum atomic E-state index is 11.0. The van der Waals surface area contributed by atoms with Crippen molar-refractivity contribution in [3.8, 4) is 17.0 Å². The summed E-state index contributed by atoms with van der Waals surface area (Å²) in [4.78, 5) is 11.0. The summed E-state index contributed by atoms with van der Waals surface area (Å²) >= 11 is 6.03. The molecule has 2 rings (SSSR count). The molecule has 0 bridgehead atoms. The number of benzene rings is 1. The molecule has 0 spiro atoms. The molecule has 0 aliphatic heterocycles. The highest BCUT2D eigenvalue weighted by Gasteiger charge is 2.09. The lowest BCUT2D eigenvalue weighted by atomic mass is 10.1. The number of methoxy groups -OCH3 is 1. The second-order valence-corrected chi connectivity index (χ2v) is 3.88. The van der Waals surface area contributed by atoms with Crippen LogP contribution in [-0.4, -0.2) is 17.3 Å². The number of hydrogen-bond donors (Lipinski definition) is 2. The lowest BCUT2D eigenvalue weighted by Crippen LogP contribution is -1.93. The minimum absolute atomic E-state index is 0.165. The van der Waals surface area contributed by atoms with E-state index in [0.717, 1.165) is 11.1 Å². The molecule has 0 aliphatic carbocycles. The summed E-state index contributed by atoms with van der Waals surface area (Å²) in [5.74, 6) is 0.626. The lowest BCUT2D eigenvalue weighted by molar-refractivity contribution is 0.415. The number of aryl methyl sites for hydroxylation is 1. The molecule has 4 nitrogen and oxygen atoms in total. The van der Waals surface area contributed by atoms with E-state index in [1.165, 1.54) is 6.07 Å². The van der Waals surface area contributed by atoms with Crippen LogP contribution >= 0.6 is 11.6 Å². The summed E-state index contributed by atoms with van der Waals surface area (Å²) in [7, 11) is 1.57. The van der Waals surface area contributed by atoms with Crippen molar-refractivity contribution in [2.75, 3.05) is 7.11 Å². The van der Waals surface area contributed by atoms with E-state index in [1.807, 2.05) is 13.0 Å². The van der Waals surface area contributed by atoms with Gasteiger partial charge >= 0.3 is 0 Å². The van der Waals surface area contributed by atoms with E-state index in [-0.39, 0.29) is 5.56 Å². The van der Waals surface area contributed by atoms with Gasteiger partial charge in [0, 0.05) is 11.6 Å². The monoisotopic (exact) mass is 238 g/mol. The van der Waals surface area contributed by atoms with Crippen molar-refractivity contribution in [1.29, 1.82) is 0 Å². The molecule has 0 unspecified atom stereocenters. The van der Waals surface area contributed by atoms with Crippen molar-refractivity contribution in [2.45, 2.75) is 6.92 Å². The Morgan fingerprint density at radius 2 is 2.00 bits per heavy atom. The molecular formula is C11H11ClN2O2. The normalized spacial score (nSPS) is 10.4. The van der Waals surface area contributed by atoms with Crippen LogP contribution in [0, 0.1) is 6.92 Å². The van der Waals surface area contributed by atoms with Crippen LogP contribution < -0.4 is 10.3 Å². The highest BCUT2D eigenvalue weighted by atomic mass is 35.5. The van der Waals surface area contributed by atoms with E-state index in [2.05, 4.69) is 10.2 Å². The fourth-order valence-electron chi connectivity index (χ4n) is 1.58. The summed E-state index contributed by atoms with van der Waals surface area (Å²) in [6, 6.07) is 5.10. The van der Waals surface area contributed by atoms with Crippen molar-refractivity contribution in [3.05, 3.63) is 39.1 Å². The zero-order chi connectivity index (χ0) is 11.7. The minimum atomic E-state index is -0.165. The van der Waals surface area contributed by atoms with Gasteiger partial charge in [0.1, 0.15) is 5.75 Å². The molecular weight excluding hydrogens is 228 g/mol. The van der Waals surface area contributed by atoms with Crippen LogP contribution in [0.2, 0.25) is 5.02 Å². The van der Waals surface area contributed by atoms with Gasteiger partial charge in [-0.15, -0.1) is 0 Å². The molecule has 84 valence electrons. The van der Waals surface area contributed by atoms with Crippen LogP contribution in [0.1, 0.15) is 5.56 Å². The molecule has 0 aliphatic rings. The second-order valence-electron chi connectivity index (χ2n) is 3.47. The van der Waals surface area contributed by atoms with E-state index in [4.69, 9.17) is 16.3 Å². The summed E-state index contributed by atoms with van der Waals surface area (Å²) < 4.78 is 5.11. The van der Waals surface area contributed by atoms with Gasteiger partial charge in [-0.25, -0.2) is 0 Å². The Morgan fingerprint density at radius 1 is 1.25 bits per heavy atom. The largest absolute Gasteiger partial charge is 0.495 e. The number of rotatable bonds is 2. The van der Waals surface area contributed by atoms with E-state index >= 15 is 0 Å². The van der Waals surface area contributed by atoms with Gasteiger partial charge in [-0.05, 0) is 24.6 Å². The summed E-state index contributed by atoms with van der Waals surface area (Å²) in [6.07, 6.45) is 0. The highest BCUT2D eigenvalue weighted by molar-refractivity contribution is 6.32. The number of H-pyrrole nitrogens is 2. The molecule has 2 N–H and O–H groups in total. The first-order valence-electron chi connectivity index (χ1n) is 4.74. The standard InChI is InChI=1S/C11H11ClN2O2/c1-6-3-10(16-2)8(12)4-7(6)9-5-11(15)14-13-9/h3-5H,1-2H3,(H2,13,14,15). The SMILES string of the molecule is COc1cc(C)c(-c2cc(=O)[nH][nH]2)cc1Cl. The third-order valence-corrected chi connectivity index (χ3v) is 2.68. The Kier molecular flexibility index (Phi) is 2.75. The summed E-state index contributed by atoms with van der Waals surface area (Å²) in [5.41, 5.74) is 2.41. The fourth-order valence-corrected chi connectivity index (χ4v) is 1.82. The quantitative estimate of drug-likeness (QED) is 0.844. The van der Waals surface area contributed by atoms with Crippen LogP contribution in [-0.2, 0) is 0 Å². The molecule has 0 saturated heterocycles. The van der Waals surface area contributed by atoms with Crippen molar-refractivity contribution in [2.24, 2.45) is 0 Å². The first-order chi connectivity index (χ1) is 7.61. The van der Waals surface area contributed by atoms with Crippen LogP contribution in [0.25, 0.3) is 11.3 Å². The van der Waals surface area contributed by atoms with Crippen LogP contribution in [0.3, 0.4) is 0 Å². The molecule has 0 fully saturated rings. The Morgan fingerprint density at radius 3 is 2.56 bits per heavy atom. The topological polar surface area (TPSA) is 57.9 Å². The van der Waals surface area contributed by atoms with E-state index in [0.29, 0.717) is 16.5 Å². The van der Waals surface area contributed by atoms with Gasteiger partial charge in [-0.3, -0.25) is 15.0 Å². The van der Waals surface area contributed by atoms with Gasteiger partial charge < -0.3 is 4.74 Å². The predicted octanol–water partition coefficient (Wildman–Crippen LogP) is 2.34. The average Bonchev–Trinajstić information content (AvgIpc) is 2.67. The predicted molar refractivity (Wildman–Crippen MR) is 63.1 cm³/mol. The summed E-state index contributed by atoms with van der Waals surface area (Å²) in [5, 5.41) is 5.80. The van der Waals surface area contributed by atoms with Gasteiger partial charge in [0.05, 0.1) is 17.8 Å². The smallest absolute Gasteiger partial charge is 0.264 e. The van der Waals surface area contributed by atoms with Crippen molar-refractivity contribution in [3.63, 3.8) is 0 Å². The van der Waals surface area contributed by atoms with Gasteiger partial charge in [0.2, 0.25) is 0 Å². The zero-order valence-corrected chi connectivity index (χ0v) is 9.68. The Bertz CT molecular complexity index is 572. The molecule has 1 aromatic heterocycles. The second kappa shape index (κ2) is 4.06. The van der Waals surface area contributed by atoms with Gasteiger partial charge in [0.15, 0.2) is 0 Å². The molecule has 5 heteroatoms. The average molecular weight is 239 g/mol. The maximum absolute atomic E-state index is 11.0. The molecule has 0 amide bonds. The van der Waals surface area contributed by atoms with Crippen LogP contribution in [0.15, 0.2) is 23.0 Å². The molecule has 2 aromatic rings. The van der Waals surface area contributed by atoms with Crippen molar-refractivity contribution >= 4 is 11.6 Å². The molecule has 0 saturated carbocycles. The van der Waals surface area contributed by atoms with Crippen LogP contribution in [0.5, 0.6) is 5.75 Å². The molecule has 1 aromatic carbocycles. The Balaban J connectivity index is 2.58. The van der Waals surface area contributed by atoms with Crippen molar-refractivity contribution < 1.29 is 4.74 Å². The third-order valence-electron chi connectivity index (χ3n) is 2.38. The minimum Gasteiger partial charge on any atom is -0.495 e. The number of halogens is 1. The molecule has 0 radical (unpaired) electrons. The number of nitrogens with one attached hydrogen (secondary N) is 2. The number of aromatic nitrogens is 2. The third kappa shape index (κ3) is 1.84. The lowest BCUT2D eigenvalue weighted by Gasteiger charge is -2.08. The Labute approximate surface area is 97.2 Å². The first-order valence-corrected chi connectivity index (χ1v) is 5.12. The zero-order valence-electron chi connectivity index (χ0n) is 8.93. The molecule has 0 atom stereocenters. The number of ether oxygens (including phenoxy) is 1. The van der Waals surface area contributed by atoms with Gasteiger partial charge in [-0.2, -0.15) is 0 Å². The maximum Gasteiger partial charge on any atom is 0.264 e. The number of aromatic amines is 2. The fraction of sp³-hybridized carbons (Fsp3) is 0.182. The van der Waals surface area contributed by atoms with Gasteiger partial charge in [0.25, 0.3) is 5.56 Å². The van der Waals surface area contributed by atoms with Crippen LogP contribution in [0.4, 0.5) is 0 Å². The highest BCUT2D eigenvalue weighted by Crippen LogP contribution is 2.32.